The highest BCUT2D eigenvalue weighted by Crippen LogP contribution is 2.64. The van der Waals surface area contributed by atoms with Crippen LogP contribution in [0.2, 0.25) is 0 Å². The number of aromatic nitrogens is 4. The van der Waals surface area contributed by atoms with Crippen molar-refractivity contribution in [2.75, 3.05) is 18.5 Å². The van der Waals surface area contributed by atoms with E-state index in [0.29, 0.717) is 47.9 Å². The van der Waals surface area contributed by atoms with Gasteiger partial charge in [-0.2, -0.15) is 4.98 Å². The van der Waals surface area contributed by atoms with Gasteiger partial charge in [-0.3, -0.25) is 13.9 Å². The lowest BCUT2D eigenvalue weighted by atomic mass is 9.46. The Morgan fingerprint density at radius 1 is 1.24 bits per heavy atom. The maximum atomic E-state index is 13.8. The molecule has 2 aromatic rings. The molecule has 1 aliphatic heterocycles. The predicted octanol–water partition coefficient (Wildman–Crippen LogP) is 3.65. The second kappa shape index (κ2) is 8.03. The summed E-state index contributed by atoms with van der Waals surface area (Å²) >= 11 is 0. The second-order valence-electron chi connectivity index (χ2n) is 12.1. The maximum absolute atomic E-state index is 13.8. The molecule has 6 aliphatic rings. The normalized spacial score (nSPS) is 35.9. The second-order valence-corrected chi connectivity index (χ2v) is 12.1. The molecule has 3 heterocycles. The number of carbonyl (C=O) groups is 1. The summed E-state index contributed by atoms with van der Waals surface area (Å²) in [5.74, 6) is 1.60. The summed E-state index contributed by atoms with van der Waals surface area (Å²) in [4.78, 5) is 36.5. The predicted molar refractivity (Wildman–Crippen MR) is 138 cm³/mol. The molecule has 5 fully saturated rings. The van der Waals surface area contributed by atoms with Crippen LogP contribution in [0.4, 0.5) is 5.95 Å². The molecule has 9 heteroatoms. The van der Waals surface area contributed by atoms with E-state index >= 15 is 0 Å². The van der Waals surface area contributed by atoms with Gasteiger partial charge in [-0.05, 0) is 76.2 Å². The first-order valence-electron chi connectivity index (χ1n) is 13.7. The molecule has 196 valence electrons. The van der Waals surface area contributed by atoms with Gasteiger partial charge in [0.15, 0.2) is 5.65 Å². The van der Waals surface area contributed by atoms with E-state index in [2.05, 4.69) is 29.4 Å². The first-order chi connectivity index (χ1) is 17.8. The summed E-state index contributed by atoms with van der Waals surface area (Å²) in [6.45, 7) is 5.10. The highest BCUT2D eigenvalue weighted by molar-refractivity contribution is 5.78. The SMILES string of the molecule is CCOC(=O)C12CC3CC(C1)CC(n1c(=O)n(C)c4cnc(NC5=CC6CCOC6C=C5C)nc41)(C3)C2. The van der Waals surface area contributed by atoms with Crippen molar-refractivity contribution < 1.29 is 14.3 Å². The summed E-state index contributed by atoms with van der Waals surface area (Å²) in [6.07, 6.45) is 12.6. The van der Waals surface area contributed by atoms with Gasteiger partial charge in [0.1, 0.15) is 5.52 Å². The Labute approximate surface area is 215 Å². The Morgan fingerprint density at radius 3 is 2.78 bits per heavy atom. The molecule has 2 aromatic heterocycles. The topological polar surface area (TPSA) is 100 Å². The number of ether oxygens (including phenoxy) is 2. The average molecular weight is 506 g/mol. The van der Waals surface area contributed by atoms with E-state index in [1.165, 1.54) is 0 Å². The number of imidazole rings is 1. The molecule has 1 saturated heterocycles. The fraction of sp³-hybridized carbons (Fsp3) is 0.643. The smallest absolute Gasteiger partial charge is 0.330 e. The van der Waals surface area contributed by atoms with E-state index in [1.807, 2.05) is 11.5 Å². The van der Waals surface area contributed by atoms with Gasteiger partial charge in [-0.25, -0.2) is 9.78 Å². The van der Waals surface area contributed by atoms with Crippen molar-refractivity contribution in [2.45, 2.75) is 70.4 Å². The van der Waals surface area contributed by atoms with Crippen LogP contribution in [-0.4, -0.2) is 44.4 Å². The third-order valence-electron chi connectivity index (χ3n) is 9.66. The zero-order valence-electron chi connectivity index (χ0n) is 21.8. The Hall–Kier alpha value is -2.94. The molecule has 4 unspecified atom stereocenters. The molecule has 5 aliphatic carbocycles. The maximum Gasteiger partial charge on any atom is 0.330 e. The molecule has 0 spiro atoms. The Kier molecular flexibility index (Phi) is 5.03. The van der Waals surface area contributed by atoms with Crippen LogP contribution in [-0.2, 0) is 26.9 Å². The Balaban J connectivity index is 1.30. The highest BCUT2D eigenvalue weighted by Gasteiger charge is 2.62. The number of rotatable bonds is 5. The third-order valence-corrected chi connectivity index (χ3v) is 9.66. The lowest BCUT2D eigenvalue weighted by Gasteiger charge is -2.60. The standard InChI is InChI=1S/C28H35N5O4/c1-4-36-24(34)27-10-17-8-18(11-27)13-28(12-17,15-27)33-23-21(32(3)26(33)35)14-29-25(31-23)30-20-9-19-5-6-37-22(19)7-16(20)2/h7,9,14,17-19,22H,4-6,8,10-13,15H2,1-3H3,(H,29,30,31). The van der Waals surface area contributed by atoms with E-state index in [9.17, 15) is 9.59 Å². The molecule has 8 rings (SSSR count). The highest BCUT2D eigenvalue weighted by atomic mass is 16.5. The molecule has 4 bridgehead atoms. The number of anilines is 1. The molecule has 1 N–H and O–H groups in total. The molecule has 4 saturated carbocycles. The van der Waals surface area contributed by atoms with Gasteiger partial charge >= 0.3 is 11.7 Å². The van der Waals surface area contributed by atoms with Crippen LogP contribution in [0.15, 0.2) is 34.4 Å². The number of nitrogens with zero attached hydrogens (tertiary/aromatic N) is 4. The Bertz CT molecular complexity index is 1400. The number of esters is 1. The molecular formula is C28H35N5O4. The first kappa shape index (κ1) is 23.2. The van der Waals surface area contributed by atoms with Crippen LogP contribution in [0.1, 0.15) is 58.8 Å². The van der Waals surface area contributed by atoms with Crippen LogP contribution in [0.5, 0.6) is 0 Å². The number of fused-ring (bicyclic) bond motifs is 2. The number of hydrogen-bond acceptors (Lipinski definition) is 7. The summed E-state index contributed by atoms with van der Waals surface area (Å²) in [7, 11) is 1.79. The summed E-state index contributed by atoms with van der Waals surface area (Å²) in [5, 5.41) is 3.42. The number of allylic oxidation sites excluding steroid dienone is 1. The summed E-state index contributed by atoms with van der Waals surface area (Å²) in [6, 6.07) is 0. The van der Waals surface area contributed by atoms with Gasteiger partial charge in [-0.15, -0.1) is 0 Å². The van der Waals surface area contributed by atoms with Crippen LogP contribution in [0, 0.1) is 23.2 Å². The minimum Gasteiger partial charge on any atom is -0.466 e. The minimum atomic E-state index is -0.496. The van der Waals surface area contributed by atoms with Crippen LogP contribution in [0.3, 0.4) is 0 Å². The summed E-state index contributed by atoms with van der Waals surface area (Å²) in [5.41, 5.74) is 2.46. The van der Waals surface area contributed by atoms with E-state index in [-0.39, 0.29) is 17.8 Å². The molecular weight excluding hydrogens is 470 g/mol. The molecule has 0 radical (unpaired) electrons. The van der Waals surface area contributed by atoms with Crippen molar-refractivity contribution in [1.29, 1.82) is 0 Å². The largest absolute Gasteiger partial charge is 0.466 e. The van der Waals surface area contributed by atoms with Gasteiger partial charge in [-0.1, -0.05) is 12.2 Å². The first-order valence-corrected chi connectivity index (χ1v) is 13.7. The summed E-state index contributed by atoms with van der Waals surface area (Å²) < 4.78 is 15.0. The number of hydrogen-bond donors (Lipinski definition) is 1. The van der Waals surface area contributed by atoms with Gasteiger partial charge in [0.2, 0.25) is 5.95 Å². The van der Waals surface area contributed by atoms with Crippen molar-refractivity contribution in [3.05, 3.63) is 40.1 Å². The van der Waals surface area contributed by atoms with Crippen molar-refractivity contribution >= 4 is 23.1 Å². The average Bonchev–Trinajstić information content (AvgIpc) is 3.40. The van der Waals surface area contributed by atoms with E-state index < -0.39 is 11.0 Å². The number of aryl methyl sites for hydroxylation is 1. The minimum absolute atomic E-state index is 0.0821. The number of nitrogens with one attached hydrogen (secondary N) is 1. The lowest BCUT2D eigenvalue weighted by Crippen LogP contribution is -2.61. The van der Waals surface area contributed by atoms with Crippen LogP contribution >= 0.6 is 0 Å². The van der Waals surface area contributed by atoms with Crippen molar-refractivity contribution in [3.63, 3.8) is 0 Å². The van der Waals surface area contributed by atoms with Crippen molar-refractivity contribution in [3.8, 4) is 0 Å². The van der Waals surface area contributed by atoms with Gasteiger partial charge < -0.3 is 14.8 Å². The van der Waals surface area contributed by atoms with Crippen molar-refractivity contribution in [2.24, 2.45) is 30.2 Å². The van der Waals surface area contributed by atoms with E-state index in [0.717, 1.165) is 56.4 Å². The lowest BCUT2D eigenvalue weighted by molar-refractivity contribution is -0.178. The quantitative estimate of drug-likeness (QED) is 0.619. The fourth-order valence-electron chi connectivity index (χ4n) is 8.52. The molecule has 37 heavy (non-hydrogen) atoms. The van der Waals surface area contributed by atoms with Crippen LogP contribution < -0.4 is 11.0 Å². The Morgan fingerprint density at radius 2 is 2.03 bits per heavy atom. The van der Waals surface area contributed by atoms with Gasteiger partial charge in [0, 0.05) is 25.3 Å². The molecule has 4 atom stereocenters. The zero-order chi connectivity index (χ0) is 25.5. The molecule has 9 nitrogen and oxygen atoms in total. The number of carbonyl (C=O) groups excluding carboxylic acids is 1. The van der Waals surface area contributed by atoms with Crippen molar-refractivity contribution in [1.82, 2.24) is 19.1 Å². The van der Waals surface area contributed by atoms with E-state index in [1.54, 1.807) is 17.8 Å². The zero-order valence-corrected chi connectivity index (χ0v) is 21.8. The third kappa shape index (κ3) is 3.39. The molecule has 0 amide bonds. The van der Waals surface area contributed by atoms with Gasteiger partial charge in [0.25, 0.3) is 0 Å². The fourth-order valence-corrected chi connectivity index (χ4v) is 8.52. The van der Waals surface area contributed by atoms with Gasteiger partial charge in [0.05, 0.1) is 29.9 Å². The molecule has 0 aromatic carbocycles. The monoisotopic (exact) mass is 505 g/mol. The van der Waals surface area contributed by atoms with Crippen LogP contribution in [0.25, 0.3) is 11.2 Å². The van der Waals surface area contributed by atoms with E-state index in [4.69, 9.17) is 14.5 Å².